The standard InChI is InChI=1S/C10H11FO4S/c1-3-15-10(12)7-5-9(16(13)14)8(11)4-6(7)2/h4-5H,3H2,1-2H3,(H,13,14). The molecule has 0 aliphatic rings. The van der Waals surface area contributed by atoms with E-state index in [-0.39, 0.29) is 12.2 Å². The molecule has 0 amide bonds. The molecule has 1 aromatic rings. The first-order valence-electron chi connectivity index (χ1n) is 4.55. The number of halogens is 1. The number of hydrogen-bond acceptors (Lipinski definition) is 3. The molecule has 1 unspecified atom stereocenters. The molecule has 0 saturated carbocycles. The molecule has 4 nitrogen and oxygen atoms in total. The summed E-state index contributed by atoms with van der Waals surface area (Å²) in [7, 11) is 0. The van der Waals surface area contributed by atoms with Crippen molar-refractivity contribution in [1.29, 1.82) is 0 Å². The summed E-state index contributed by atoms with van der Waals surface area (Å²) in [4.78, 5) is 11.0. The predicted molar refractivity (Wildman–Crippen MR) is 56.1 cm³/mol. The van der Waals surface area contributed by atoms with Gasteiger partial charge in [0.15, 0.2) is 11.1 Å². The maximum absolute atomic E-state index is 13.2. The number of aryl methyl sites for hydroxylation is 1. The van der Waals surface area contributed by atoms with E-state index >= 15 is 0 Å². The lowest BCUT2D eigenvalue weighted by atomic mass is 10.1. The first-order valence-corrected chi connectivity index (χ1v) is 5.66. The molecule has 0 aliphatic carbocycles. The van der Waals surface area contributed by atoms with Gasteiger partial charge >= 0.3 is 5.97 Å². The highest BCUT2D eigenvalue weighted by atomic mass is 32.2. The highest BCUT2D eigenvalue weighted by Crippen LogP contribution is 2.18. The topological polar surface area (TPSA) is 63.6 Å². The van der Waals surface area contributed by atoms with Gasteiger partial charge in [0.2, 0.25) is 0 Å². The molecule has 6 heteroatoms. The van der Waals surface area contributed by atoms with Crippen LogP contribution in [0.15, 0.2) is 17.0 Å². The van der Waals surface area contributed by atoms with Gasteiger partial charge in [0.05, 0.1) is 12.2 Å². The molecule has 16 heavy (non-hydrogen) atoms. The maximum atomic E-state index is 13.2. The Hall–Kier alpha value is -1.27. The number of rotatable bonds is 3. The van der Waals surface area contributed by atoms with Crippen LogP contribution in [0.1, 0.15) is 22.8 Å². The van der Waals surface area contributed by atoms with E-state index < -0.39 is 27.8 Å². The second-order valence-electron chi connectivity index (χ2n) is 3.07. The van der Waals surface area contributed by atoms with Gasteiger partial charge in [-0.3, -0.25) is 0 Å². The van der Waals surface area contributed by atoms with Gasteiger partial charge in [-0.1, -0.05) is 0 Å². The highest BCUT2D eigenvalue weighted by molar-refractivity contribution is 7.79. The van der Waals surface area contributed by atoms with E-state index in [1.165, 1.54) is 6.92 Å². The fourth-order valence-corrected chi connectivity index (χ4v) is 1.66. The summed E-state index contributed by atoms with van der Waals surface area (Å²) in [5.74, 6) is -1.45. The van der Waals surface area contributed by atoms with Gasteiger partial charge in [-0.2, -0.15) is 0 Å². The van der Waals surface area contributed by atoms with Crippen molar-refractivity contribution >= 4 is 17.0 Å². The Morgan fingerprint density at radius 2 is 2.19 bits per heavy atom. The van der Waals surface area contributed by atoms with Crippen molar-refractivity contribution in [1.82, 2.24) is 0 Å². The number of benzene rings is 1. The molecular weight excluding hydrogens is 235 g/mol. The van der Waals surface area contributed by atoms with Gasteiger partial charge in [-0.15, -0.1) is 0 Å². The summed E-state index contributed by atoms with van der Waals surface area (Å²) in [5.41, 5.74) is 0.464. The molecular formula is C10H11FO4S. The molecule has 1 rings (SSSR count). The average molecular weight is 246 g/mol. The van der Waals surface area contributed by atoms with E-state index in [2.05, 4.69) is 0 Å². The van der Waals surface area contributed by atoms with Crippen molar-refractivity contribution in [2.45, 2.75) is 18.7 Å². The molecule has 1 aromatic carbocycles. The summed E-state index contributed by atoms with van der Waals surface area (Å²) < 4.78 is 37.6. The van der Waals surface area contributed by atoms with Crippen LogP contribution >= 0.6 is 0 Å². The van der Waals surface area contributed by atoms with Crippen LogP contribution in [0.4, 0.5) is 4.39 Å². The smallest absolute Gasteiger partial charge is 0.338 e. The van der Waals surface area contributed by atoms with E-state index in [0.29, 0.717) is 5.56 Å². The first kappa shape index (κ1) is 12.8. The van der Waals surface area contributed by atoms with E-state index in [4.69, 9.17) is 9.29 Å². The molecule has 0 saturated heterocycles. The van der Waals surface area contributed by atoms with Gasteiger partial charge in [0, 0.05) is 0 Å². The summed E-state index contributed by atoms with van der Waals surface area (Å²) in [6, 6.07) is 2.08. The summed E-state index contributed by atoms with van der Waals surface area (Å²) in [6.07, 6.45) is 0. The van der Waals surface area contributed by atoms with Gasteiger partial charge in [-0.05, 0) is 31.5 Å². The first-order chi connectivity index (χ1) is 7.47. The molecule has 0 radical (unpaired) electrons. The number of carbonyl (C=O) groups excluding carboxylic acids is 1. The Balaban J connectivity index is 3.24. The van der Waals surface area contributed by atoms with Crippen molar-refractivity contribution in [3.63, 3.8) is 0 Å². The van der Waals surface area contributed by atoms with E-state index in [1.54, 1.807) is 6.92 Å². The summed E-state index contributed by atoms with van der Waals surface area (Å²) in [6.45, 7) is 3.36. The van der Waals surface area contributed by atoms with Crippen molar-refractivity contribution in [3.05, 3.63) is 29.1 Å². The highest BCUT2D eigenvalue weighted by Gasteiger charge is 2.16. The molecule has 0 fully saturated rings. The van der Waals surface area contributed by atoms with E-state index in [9.17, 15) is 13.4 Å². The number of ether oxygens (including phenoxy) is 1. The lowest BCUT2D eigenvalue weighted by molar-refractivity contribution is 0.0525. The predicted octanol–water partition coefficient (Wildman–Crippen LogP) is 1.89. The molecule has 0 bridgehead atoms. The van der Waals surface area contributed by atoms with Crippen LogP contribution in [-0.4, -0.2) is 21.3 Å². The fraction of sp³-hybridized carbons (Fsp3) is 0.300. The lowest BCUT2D eigenvalue weighted by Gasteiger charge is -2.07. The van der Waals surface area contributed by atoms with Gasteiger partial charge < -0.3 is 9.29 Å². The Morgan fingerprint density at radius 1 is 1.56 bits per heavy atom. The molecule has 1 N–H and O–H groups in total. The van der Waals surface area contributed by atoms with Crippen LogP contribution in [-0.2, 0) is 15.8 Å². The Kier molecular flexibility index (Phi) is 4.14. The minimum atomic E-state index is -2.46. The zero-order valence-corrected chi connectivity index (χ0v) is 9.64. The Labute approximate surface area is 94.7 Å². The van der Waals surface area contributed by atoms with Crippen LogP contribution in [0.5, 0.6) is 0 Å². The summed E-state index contributed by atoms with van der Waals surface area (Å²) >= 11 is -2.46. The molecule has 1 atom stereocenters. The molecule has 0 aliphatic heterocycles. The SMILES string of the molecule is CCOC(=O)c1cc(S(=O)O)c(F)cc1C. The maximum Gasteiger partial charge on any atom is 0.338 e. The normalized spacial score (nSPS) is 12.2. The van der Waals surface area contributed by atoms with Gasteiger partial charge in [0.1, 0.15) is 10.7 Å². The second kappa shape index (κ2) is 5.18. The Bertz CT molecular complexity index is 445. The van der Waals surface area contributed by atoms with Crippen molar-refractivity contribution < 1.29 is 22.7 Å². The zero-order valence-electron chi connectivity index (χ0n) is 8.82. The van der Waals surface area contributed by atoms with E-state index in [0.717, 1.165) is 12.1 Å². The molecule has 0 heterocycles. The zero-order chi connectivity index (χ0) is 12.3. The lowest BCUT2D eigenvalue weighted by Crippen LogP contribution is -2.09. The molecule has 0 aromatic heterocycles. The number of hydrogen-bond donors (Lipinski definition) is 1. The van der Waals surface area contributed by atoms with Crippen LogP contribution in [0.3, 0.4) is 0 Å². The minimum absolute atomic E-state index is 0.0978. The third-order valence-electron chi connectivity index (χ3n) is 1.96. The van der Waals surface area contributed by atoms with Crippen molar-refractivity contribution in [2.24, 2.45) is 0 Å². The van der Waals surface area contributed by atoms with Gasteiger partial charge in [0.25, 0.3) is 0 Å². The third kappa shape index (κ3) is 2.65. The van der Waals surface area contributed by atoms with Crippen molar-refractivity contribution in [2.75, 3.05) is 6.61 Å². The fourth-order valence-electron chi connectivity index (χ4n) is 1.22. The minimum Gasteiger partial charge on any atom is -0.462 e. The van der Waals surface area contributed by atoms with E-state index in [1.807, 2.05) is 0 Å². The largest absolute Gasteiger partial charge is 0.462 e. The molecule has 0 spiro atoms. The van der Waals surface area contributed by atoms with Crippen molar-refractivity contribution in [3.8, 4) is 0 Å². The van der Waals surface area contributed by atoms with Crippen LogP contribution < -0.4 is 0 Å². The van der Waals surface area contributed by atoms with Gasteiger partial charge in [-0.25, -0.2) is 13.4 Å². The average Bonchev–Trinajstić information content (AvgIpc) is 2.17. The van der Waals surface area contributed by atoms with Crippen LogP contribution in [0.25, 0.3) is 0 Å². The number of carbonyl (C=O) groups is 1. The number of esters is 1. The van der Waals surface area contributed by atoms with Crippen LogP contribution in [0, 0.1) is 12.7 Å². The third-order valence-corrected chi connectivity index (χ3v) is 2.65. The summed E-state index contributed by atoms with van der Waals surface area (Å²) in [5, 5.41) is 0. The Morgan fingerprint density at radius 3 is 2.69 bits per heavy atom. The monoisotopic (exact) mass is 246 g/mol. The molecule has 88 valence electrons. The second-order valence-corrected chi connectivity index (χ2v) is 4.01. The quantitative estimate of drug-likeness (QED) is 0.653. The van der Waals surface area contributed by atoms with Crippen LogP contribution in [0.2, 0.25) is 0 Å².